The number of hydrogen-bond donors (Lipinski definition) is 0. The van der Waals surface area contributed by atoms with Crippen molar-refractivity contribution in [2.24, 2.45) is 0 Å². The topological polar surface area (TPSA) is 12.9 Å². The van der Waals surface area contributed by atoms with Gasteiger partial charge in [0.1, 0.15) is 0 Å². The van der Waals surface area contributed by atoms with Crippen molar-refractivity contribution < 1.29 is 4.70 Å². The van der Waals surface area contributed by atoms with Crippen LogP contribution in [0.3, 0.4) is 0 Å². The molecule has 0 aromatic carbocycles. The maximum Gasteiger partial charge on any atom is 0.0375 e. The monoisotopic (exact) mass is 157 g/mol. The quantitative estimate of drug-likeness (QED) is 0.564. The third-order valence-electron chi connectivity index (χ3n) is 1.03. The molecular weight excluding hydrogens is 141 g/mol. The smallest absolute Gasteiger partial charge is 0.0375 e. The zero-order valence-electron chi connectivity index (χ0n) is 7.59. The van der Waals surface area contributed by atoms with Crippen molar-refractivity contribution in [3.63, 3.8) is 0 Å². The normalized spacial score (nSPS) is 7.27. The van der Waals surface area contributed by atoms with Crippen molar-refractivity contribution in [2.45, 2.75) is 27.7 Å². The number of pyridine rings is 1. The van der Waals surface area contributed by atoms with Crippen LogP contribution in [0.4, 0.5) is 4.70 Å². The molecule has 1 nitrogen and oxygen atoms in total. The zero-order chi connectivity index (χ0) is 7.98. The number of nitrogens with zero attached hydrogens (tertiary/aromatic N) is 1. The minimum atomic E-state index is 0. The predicted molar refractivity (Wildman–Crippen MR) is 47.6 cm³/mol. The molecule has 1 rings (SSSR count). The first-order valence-electron chi connectivity index (χ1n) is 3.69. The van der Waals surface area contributed by atoms with Crippen LogP contribution in [0.25, 0.3) is 0 Å². The summed E-state index contributed by atoms with van der Waals surface area (Å²) in [5, 5.41) is 0. The van der Waals surface area contributed by atoms with Crippen molar-refractivity contribution in [2.75, 3.05) is 0 Å². The van der Waals surface area contributed by atoms with Gasteiger partial charge in [0.25, 0.3) is 0 Å². The Labute approximate surface area is 67.8 Å². The molecule has 0 N–H and O–H groups in total. The molecule has 0 bridgehead atoms. The van der Waals surface area contributed by atoms with Crippen LogP contribution in [-0.4, -0.2) is 4.98 Å². The van der Waals surface area contributed by atoms with Crippen molar-refractivity contribution in [1.82, 2.24) is 4.98 Å². The van der Waals surface area contributed by atoms with E-state index in [2.05, 4.69) is 4.98 Å². The van der Waals surface area contributed by atoms with Crippen molar-refractivity contribution in [1.29, 1.82) is 0 Å². The van der Waals surface area contributed by atoms with E-state index in [1.165, 1.54) is 0 Å². The fourth-order valence-corrected chi connectivity index (χ4v) is 0.679. The van der Waals surface area contributed by atoms with Crippen LogP contribution in [0.1, 0.15) is 25.2 Å². The summed E-state index contributed by atoms with van der Waals surface area (Å²) >= 11 is 0. The van der Waals surface area contributed by atoms with Gasteiger partial charge in [0.05, 0.1) is 0 Å². The lowest BCUT2D eigenvalue weighted by molar-refractivity contribution is 1.11. The molecule has 0 saturated carbocycles. The van der Waals surface area contributed by atoms with E-state index in [4.69, 9.17) is 0 Å². The fraction of sp³-hybridized carbons (Fsp3) is 0.444. The Morgan fingerprint density at radius 3 is 1.55 bits per heavy atom. The summed E-state index contributed by atoms with van der Waals surface area (Å²) in [7, 11) is 0. The number of aryl methyl sites for hydroxylation is 2. The Morgan fingerprint density at radius 2 is 1.36 bits per heavy atom. The molecule has 0 unspecified atom stereocenters. The molecule has 1 heterocycles. The van der Waals surface area contributed by atoms with Gasteiger partial charge in [-0.3, -0.25) is 9.69 Å². The lowest BCUT2D eigenvalue weighted by atomic mass is 10.3. The first-order chi connectivity index (χ1) is 4.79. The van der Waals surface area contributed by atoms with E-state index < -0.39 is 0 Å². The lowest BCUT2D eigenvalue weighted by Crippen LogP contribution is -1.81. The third-order valence-corrected chi connectivity index (χ3v) is 1.03. The second-order valence-corrected chi connectivity index (χ2v) is 1.92. The van der Waals surface area contributed by atoms with Crippen LogP contribution in [0.2, 0.25) is 0 Å². The maximum absolute atomic E-state index is 4.17. The minimum Gasteiger partial charge on any atom is -0.269 e. The molecule has 2 heteroatoms. The fourth-order valence-electron chi connectivity index (χ4n) is 0.679. The van der Waals surface area contributed by atoms with Gasteiger partial charge in [-0.2, -0.15) is 0 Å². The van der Waals surface area contributed by atoms with Crippen molar-refractivity contribution in [3.8, 4) is 0 Å². The minimum absolute atomic E-state index is 0. The highest BCUT2D eigenvalue weighted by Gasteiger charge is 1.82. The third kappa shape index (κ3) is 5.52. The molecule has 0 aliphatic rings. The summed E-state index contributed by atoms with van der Waals surface area (Å²) in [5.74, 6) is 0. The summed E-state index contributed by atoms with van der Waals surface area (Å²) in [6, 6.07) is 6.00. The molecule has 1 aromatic rings. The predicted octanol–water partition coefficient (Wildman–Crippen LogP) is 2.88. The summed E-state index contributed by atoms with van der Waals surface area (Å²) in [6.45, 7) is 7.99. The van der Waals surface area contributed by atoms with Crippen LogP contribution in [0.15, 0.2) is 18.2 Å². The van der Waals surface area contributed by atoms with Crippen LogP contribution in [0.5, 0.6) is 0 Å². The second kappa shape index (κ2) is 7.19. The Kier molecular flexibility index (Phi) is 8.32. The largest absolute Gasteiger partial charge is 0.269 e. The van der Waals surface area contributed by atoms with Gasteiger partial charge in [0.2, 0.25) is 0 Å². The number of aromatic nitrogens is 1. The Morgan fingerprint density at radius 1 is 1.00 bits per heavy atom. The second-order valence-electron chi connectivity index (χ2n) is 1.92. The van der Waals surface area contributed by atoms with E-state index in [0.717, 1.165) is 11.4 Å². The molecule has 0 atom stereocenters. The SMILES string of the molecule is CC.Cc1cccc(C)n1.F. The van der Waals surface area contributed by atoms with Gasteiger partial charge in [-0.1, -0.05) is 19.9 Å². The van der Waals surface area contributed by atoms with E-state index in [1.54, 1.807) is 0 Å². The number of halogens is 1. The number of rotatable bonds is 0. The molecule has 11 heavy (non-hydrogen) atoms. The molecule has 1 aromatic heterocycles. The van der Waals surface area contributed by atoms with Gasteiger partial charge in [-0.15, -0.1) is 0 Å². The van der Waals surface area contributed by atoms with Crippen LogP contribution < -0.4 is 0 Å². The van der Waals surface area contributed by atoms with Crippen LogP contribution >= 0.6 is 0 Å². The van der Waals surface area contributed by atoms with Crippen LogP contribution in [-0.2, 0) is 0 Å². The number of hydrogen-bond acceptors (Lipinski definition) is 1. The summed E-state index contributed by atoms with van der Waals surface area (Å²) in [6.07, 6.45) is 0. The summed E-state index contributed by atoms with van der Waals surface area (Å²) in [5.41, 5.74) is 2.18. The van der Waals surface area contributed by atoms with Crippen LogP contribution in [0, 0.1) is 13.8 Å². The lowest BCUT2D eigenvalue weighted by Gasteiger charge is -1.90. The van der Waals surface area contributed by atoms with E-state index >= 15 is 0 Å². The Bertz CT molecular complexity index is 169. The maximum atomic E-state index is 4.17. The first kappa shape index (κ1) is 12.7. The zero-order valence-corrected chi connectivity index (χ0v) is 7.59. The average Bonchev–Trinajstić information content (AvgIpc) is 1.91. The van der Waals surface area contributed by atoms with Gasteiger partial charge in [0, 0.05) is 11.4 Å². The van der Waals surface area contributed by atoms with Crippen molar-refractivity contribution in [3.05, 3.63) is 29.6 Å². The molecule has 0 aliphatic heterocycles. The van der Waals surface area contributed by atoms with E-state index in [1.807, 2.05) is 45.9 Å². The van der Waals surface area contributed by atoms with E-state index in [9.17, 15) is 0 Å². The molecule has 0 radical (unpaired) electrons. The van der Waals surface area contributed by atoms with E-state index in [0.29, 0.717) is 0 Å². The van der Waals surface area contributed by atoms with Gasteiger partial charge in [-0.05, 0) is 26.0 Å². The van der Waals surface area contributed by atoms with Gasteiger partial charge < -0.3 is 0 Å². The highest BCUT2D eigenvalue weighted by molar-refractivity contribution is 5.07. The molecular formula is C9H16FN. The van der Waals surface area contributed by atoms with Crippen molar-refractivity contribution >= 4 is 0 Å². The van der Waals surface area contributed by atoms with Gasteiger partial charge in [-0.25, -0.2) is 0 Å². The Balaban J connectivity index is 0. The first-order valence-corrected chi connectivity index (χ1v) is 3.69. The standard InChI is InChI=1S/C7H9N.C2H6.FH/c1-6-4-3-5-7(2)8-6;1-2;/h3-5H,1-2H3;1-2H3;1H. The molecule has 0 amide bonds. The molecule has 0 saturated heterocycles. The molecule has 0 fully saturated rings. The molecule has 0 aliphatic carbocycles. The molecule has 0 spiro atoms. The highest BCUT2D eigenvalue weighted by atomic mass is 19.0. The highest BCUT2D eigenvalue weighted by Crippen LogP contribution is 1.93. The summed E-state index contributed by atoms with van der Waals surface area (Å²) in [4.78, 5) is 4.17. The van der Waals surface area contributed by atoms with Gasteiger partial charge in [0.15, 0.2) is 0 Å². The van der Waals surface area contributed by atoms with Gasteiger partial charge >= 0.3 is 0 Å². The molecule has 64 valence electrons. The Hall–Kier alpha value is -0.920. The summed E-state index contributed by atoms with van der Waals surface area (Å²) < 4.78 is 0. The van der Waals surface area contributed by atoms with E-state index in [-0.39, 0.29) is 4.70 Å². The average molecular weight is 157 g/mol.